The molecule has 3 heterocycles. The van der Waals surface area contributed by atoms with E-state index in [1.807, 2.05) is 16.5 Å². The Labute approximate surface area is 98.3 Å². The molecule has 0 amide bonds. The number of rotatable bonds is 2. The van der Waals surface area contributed by atoms with E-state index >= 15 is 0 Å². The Morgan fingerprint density at radius 2 is 2.06 bits per heavy atom. The smallest absolute Gasteiger partial charge is 0.356 e. The third-order valence-electron chi connectivity index (χ3n) is 3.18. The summed E-state index contributed by atoms with van der Waals surface area (Å²) in [6, 6.07) is 5.68. The fourth-order valence-electron chi connectivity index (χ4n) is 2.37. The van der Waals surface area contributed by atoms with Gasteiger partial charge in [0.05, 0.1) is 5.52 Å². The minimum atomic E-state index is -0.980. The summed E-state index contributed by atoms with van der Waals surface area (Å²) in [6.07, 6.45) is 3.97. The van der Waals surface area contributed by atoms with Crippen LogP contribution in [0.4, 0.5) is 5.82 Å². The van der Waals surface area contributed by atoms with E-state index in [9.17, 15) is 4.79 Å². The second-order valence-corrected chi connectivity index (χ2v) is 4.23. The second-order valence-electron chi connectivity index (χ2n) is 4.23. The quantitative estimate of drug-likeness (QED) is 0.853. The number of fused-ring (bicyclic) bond motifs is 1. The molecule has 3 rings (SSSR count). The standard InChI is InChI=1S/C12H13N3O2/c16-12(17)11-9-4-3-5-10(15(9)8-13-11)14-6-1-2-7-14/h3-5,8H,1-2,6-7H2,(H,16,17). The third kappa shape index (κ3) is 1.54. The lowest BCUT2D eigenvalue weighted by molar-refractivity contribution is 0.0693. The van der Waals surface area contributed by atoms with Gasteiger partial charge in [-0.2, -0.15) is 0 Å². The first-order valence-corrected chi connectivity index (χ1v) is 5.72. The fraction of sp³-hybridized carbons (Fsp3) is 0.333. The average molecular weight is 231 g/mol. The van der Waals surface area contributed by atoms with Gasteiger partial charge in [-0.25, -0.2) is 9.78 Å². The molecule has 1 saturated heterocycles. The minimum Gasteiger partial charge on any atom is -0.476 e. The molecule has 0 aliphatic carbocycles. The zero-order chi connectivity index (χ0) is 11.8. The fourth-order valence-corrected chi connectivity index (χ4v) is 2.37. The summed E-state index contributed by atoms with van der Waals surface area (Å²) >= 11 is 0. The Bertz CT molecular complexity index is 570. The molecule has 2 aromatic rings. The average Bonchev–Trinajstić information content (AvgIpc) is 2.97. The second kappa shape index (κ2) is 3.76. The van der Waals surface area contributed by atoms with Gasteiger partial charge < -0.3 is 10.0 Å². The van der Waals surface area contributed by atoms with Crippen molar-refractivity contribution in [1.82, 2.24) is 9.38 Å². The molecule has 0 saturated carbocycles. The summed E-state index contributed by atoms with van der Waals surface area (Å²) in [4.78, 5) is 17.2. The Morgan fingerprint density at radius 3 is 2.76 bits per heavy atom. The van der Waals surface area contributed by atoms with Crippen LogP contribution in [-0.4, -0.2) is 33.6 Å². The first-order chi connectivity index (χ1) is 8.27. The van der Waals surface area contributed by atoms with E-state index in [1.54, 1.807) is 12.4 Å². The van der Waals surface area contributed by atoms with Gasteiger partial charge in [0, 0.05) is 13.1 Å². The highest BCUT2D eigenvalue weighted by molar-refractivity contribution is 5.93. The van der Waals surface area contributed by atoms with Gasteiger partial charge in [-0.1, -0.05) is 6.07 Å². The number of pyridine rings is 1. The molecule has 5 nitrogen and oxygen atoms in total. The predicted octanol–water partition coefficient (Wildman–Crippen LogP) is 1.63. The minimum absolute atomic E-state index is 0.117. The van der Waals surface area contributed by atoms with Gasteiger partial charge in [-0.15, -0.1) is 0 Å². The summed E-state index contributed by atoms with van der Waals surface area (Å²) < 4.78 is 1.86. The number of nitrogens with zero attached hydrogens (tertiary/aromatic N) is 3. The highest BCUT2D eigenvalue weighted by Crippen LogP contribution is 2.22. The summed E-state index contributed by atoms with van der Waals surface area (Å²) in [7, 11) is 0. The van der Waals surface area contributed by atoms with Gasteiger partial charge in [0.15, 0.2) is 5.69 Å². The van der Waals surface area contributed by atoms with Crippen LogP contribution in [0.25, 0.3) is 5.52 Å². The molecule has 88 valence electrons. The summed E-state index contributed by atoms with van der Waals surface area (Å²) in [6.45, 7) is 2.05. The Hall–Kier alpha value is -2.04. The number of carboxylic acids is 1. The molecule has 1 fully saturated rings. The predicted molar refractivity (Wildman–Crippen MR) is 63.6 cm³/mol. The van der Waals surface area contributed by atoms with Crippen molar-refractivity contribution in [2.24, 2.45) is 0 Å². The highest BCUT2D eigenvalue weighted by Gasteiger charge is 2.18. The highest BCUT2D eigenvalue weighted by atomic mass is 16.4. The Balaban J connectivity index is 2.16. The molecule has 0 unspecified atom stereocenters. The number of aromatic carboxylic acids is 1. The van der Waals surface area contributed by atoms with Crippen molar-refractivity contribution in [3.8, 4) is 0 Å². The monoisotopic (exact) mass is 231 g/mol. The molecule has 0 atom stereocenters. The lowest BCUT2D eigenvalue weighted by Crippen LogP contribution is -2.20. The summed E-state index contributed by atoms with van der Waals surface area (Å²) in [5.41, 5.74) is 0.771. The zero-order valence-electron chi connectivity index (χ0n) is 9.33. The van der Waals surface area contributed by atoms with Crippen LogP contribution in [0.3, 0.4) is 0 Å². The number of carbonyl (C=O) groups is 1. The van der Waals surface area contributed by atoms with Gasteiger partial charge in [0.25, 0.3) is 0 Å². The molecule has 1 N–H and O–H groups in total. The number of carboxylic acid groups (broad SMARTS) is 1. The third-order valence-corrected chi connectivity index (χ3v) is 3.18. The topological polar surface area (TPSA) is 57.8 Å². The van der Waals surface area contributed by atoms with Gasteiger partial charge in [0.2, 0.25) is 0 Å². The lowest BCUT2D eigenvalue weighted by atomic mass is 10.3. The maximum Gasteiger partial charge on any atom is 0.356 e. The van der Waals surface area contributed by atoms with Crippen molar-refractivity contribution in [2.75, 3.05) is 18.0 Å². The SMILES string of the molecule is O=C(O)c1ncn2c(N3CCCC3)cccc12. The van der Waals surface area contributed by atoms with Crippen LogP contribution in [0.5, 0.6) is 0 Å². The molecule has 0 spiro atoms. The van der Waals surface area contributed by atoms with Crippen molar-refractivity contribution >= 4 is 17.3 Å². The number of anilines is 1. The van der Waals surface area contributed by atoms with Gasteiger partial charge >= 0.3 is 5.97 Å². The zero-order valence-corrected chi connectivity index (χ0v) is 9.33. The van der Waals surface area contributed by atoms with Crippen molar-refractivity contribution < 1.29 is 9.90 Å². The van der Waals surface area contributed by atoms with E-state index in [2.05, 4.69) is 9.88 Å². The van der Waals surface area contributed by atoms with E-state index in [-0.39, 0.29) is 5.69 Å². The molecule has 1 aliphatic rings. The molecular weight excluding hydrogens is 218 g/mol. The number of hydrogen-bond donors (Lipinski definition) is 1. The van der Waals surface area contributed by atoms with E-state index in [1.165, 1.54) is 12.8 Å². The molecule has 0 bridgehead atoms. The molecule has 1 aliphatic heterocycles. The van der Waals surface area contributed by atoms with Gasteiger partial charge in [0.1, 0.15) is 12.1 Å². The Morgan fingerprint density at radius 1 is 1.29 bits per heavy atom. The molecule has 17 heavy (non-hydrogen) atoms. The maximum absolute atomic E-state index is 11.0. The van der Waals surface area contributed by atoms with Crippen molar-refractivity contribution in [3.05, 3.63) is 30.2 Å². The largest absolute Gasteiger partial charge is 0.476 e. The Kier molecular flexibility index (Phi) is 2.24. The van der Waals surface area contributed by atoms with Crippen LogP contribution in [0.2, 0.25) is 0 Å². The normalized spacial score (nSPS) is 15.6. The van der Waals surface area contributed by atoms with Crippen molar-refractivity contribution in [1.29, 1.82) is 0 Å². The van der Waals surface area contributed by atoms with Crippen molar-refractivity contribution in [2.45, 2.75) is 12.8 Å². The molecule has 0 aromatic carbocycles. The van der Waals surface area contributed by atoms with E-state index in [0.29, 0.717) is 5.52 Å². The lowest BCUT2D eigenvalue weighted by Gasteiger charge is -2.18. The number of imidazole rings is 1. The van der Waals surface area contributed by atoms with E-state index in [4.69, 9.17) is 5.11 Å². The van der Waals surface area contributed by atoms with Crippen LogP contribution in [-0.2, 0) is 0 Å². The van der Waals surface area contributed by atoms with Crippen LogP contribution in [0.1, 0.15) is 23.3 Å². The molecule has 0 radical (unpaired) electrons. The van der Waals surface area contributed by atoms with E-state index in [0.717, 1.165) is 18.9 Å². The first kappa shape index (κ1) is 10.1. The number of hydrogen-bond acceptors (Lipinski definition) is 3. The van der Waals surface area contributed by atoms with Gasteiger partial charge in [-0.05, 0) is 25.0 Å². The summed E-state index contributed by atoms with van der Waals surface area (Å²) in [5.74, 6) is 0.0473. The number of aromatic nitrogens is 2. The first-order valence-electron chi connectivity index (χ1n) is 5.72. The van der Waals surface area contributed by atoms with Crippen LogP contribution in [0, 0.1) is 0 Å². The van der Waals surface area contributed by atoms with Crippen LogP contribution in [0.15, 0.2) is 24.5 Å². The molecule has 5 heteroatoms. The van der Waals surface area contributed by atoms with E-state index < -0.39 is 5.97 Å². The van der Waals surface area contributed by atoms with Crippen molar-refractivity contribution in [3.63, 3.8) is 0 Å². The van der Waals surface area contributed by atoms with Crippen LogP contribution >= 0.6 is 0 Å². The van der Waals surface area contributed by atoms with Crippen LogP contribution < -0.4 is 4.90 Å². The molecule has 2 aromatic heterocycles. The maximum atomic E-state index is 11.0. The molecular formula is C12H13N3O2. The van der Waals surface area contributed by atoms with Gasteiger partial charge in [-0.3, -0.25) is 4.40 Å². The summed E-state index contributed by atoms with van der Waals surface area (Å²) in [5, 5.41) is 9.04.